The number of nitrogens with zero attached hydrogens (tertiary/aromatic N) is 2. The highest BCUT2D eigenvalue weighted by atomic mass is 32.1. The van der Waals surface area contributed by atoms with Gasteiger partial charge in [-0.25, -0.2) is 15.2 Å². The Balaban J connectivity index is 2.65. The summed E-state index contributed by atoms with van der Waals surface area (Å²) in [7, 11) is 1.26. The standard InChI is InChI=1S/C7H10N4O2S/c1-4(10-11-7(12)13-2)5-3-14-6(8)9-5/h3H,1-2H3,(H2,8,9)(H,11,12)/b10-4+. The quantitative estimate of drug-likeness (QED) is 0.563. The fraction of sp³-hybridized carbons (Fsp3) is 0.286. The number of nitrogen functional groups attached to an aromatic ring is 1. The second-order valence-corrected chi connectivity index (χ2v) is 3.26. The lowest BCUT2D eigenvalue weighted by Gasteiger charge is -1.97. The van der Waals surface area contributed by atoms with Crippen LogP contribution in [0.4, 0.5) is 9.93 Å². The van der Waals surface area contributed by atoms with Crippen molar-refractivity contribution in [3.8, 4) is 0 Å². The topological polar surface area (TPSA) is 89.6 Å². The Morgan fingerprint density at radius 2 is 2.50 bits per heavy atom. The van der Waals surface area contributed by atoms with Gasteiger partial charge in [0.2, 0.25) is 0 Å². The normalized spacial score (nSPS) is 11.1. The van der Waals surface area contributed by atoms with Gasteiger partial charge in [-0.05, 0) is 6.92 Å². The van der Waals surface area contributed by atoms with E-state index < -0.39 is 6.09 Å². The molecule has 0 unspecified atom stereocenters. The van der Waals surface area contributed by atoms with Gasteiger partial charge in [-0.3, -0.25) is 0 Å². The van der Waals surface area contributed by atoms with E-state index >= 15 is 0 Å². The van der Waals surface area contributed by atoms with Crippen molar-refractivity contribution in [1.29, 1.82) is 0 Å². The minimum absolute atomic E-state index is 0.465. The van der Waals surface area contributed by atoms with Crippen LogP contribution in [0.5, 0.6) is 0 Å². The van der Waals surface area contributed by atoms with Crippen molar-refractivity contribution in [3.63, 3.8) is 0 Å². The van der Waals surface area contributed by atoms with E-state index in [-0.39, 0.29) is 0 Å². The van der Waals surface area contributed by atoms with Gasteiger partial charge in [0.05, 0.1) is 18.5 Å². The first-order valence-corrected chi connectivity index (χ1v) is 4.61. The third-order valence-corrected chi connectivity index (χ3v) is 2.07. The maximum absolute atomic E-state index is 10.7. The smallest absolute Gasteiger partial charge is 0.427 e. The number of rotatable bonds is 2. The van der Waals surface area contributed by atoms with E-state index in [0.717, 1.165) is 0 Å². The SMILES string of the molecule is COC(=O)N/N=C(\C)c1csc(N)n1. The number of nitrogens with one attached hydrogen (secondary N) is 1. The number of carbonyl (C=O) groups is 1. The van der Waals surface area contributed by atoms with Crippen LogP contribution in [0.3, 0.4) is 0 Å². The molecule has 1 aromatic heterocycles. The zero-order valence-electron chi connectivity index (χ0n) is 7.77. The highest BCUT2D eigenvalue weighted by molar-refractivity contribution is 7.13. The summed E-state index contributed by atoms with van der Waals surface area (Å²) in [6.45, 7) is 1.71. The number of anilines is 1. The summed E-state index contributed by atoms with van der Waals surface area (Å²) >= 11 is 1.31. The molecule has 14 heavy (non-hydrogen) atoms. The lowest BCUT2D eigenvalue weighted by Crippen LogP contribution is -2.18. The number of hydrogen-bond acceptors (Lipinski definition) is 6. The fourth-order valence-corrected chi connectivity index (χ4v) is 1.29. The van der Waals surface area contributed by atoms with Crippen LogP contribution in [0.1, 0.15) is 12.6 Å². The van der Waals surface area contributed by atoms with Gasteiger partial charge in [-0.15, -0.1) is 11.3 Å². The monoisotopic (exact) mass is 214 g/mol. The molecule has 0 spiro atoms. The first-order chi connectivity index (χ1) is 6.63. The zero-order chi connectivity index (χ0) is 10.6. The molecule has 1 aromatic rings. The third kappa shape index (κ3) is 2.70. The zero-order valence-corrected chi connectivity index (χ0v) is 8.59. The Morgan fingerprint density at radius 3 is 3.00 bits per heavy atom. The molecule has 1 rings (SSSR count). The Morgan fingerprint density at radius 1 is 1.79 bits per heavy atom. The minimum atomic E-state index is -0.618. The first-order valence-electron chi connectivity index (χ1n) is 3.73. The Labute approximate surface area is 84.8 Å². The number of ether oxygens (including phenoxy) is 1. The van der Waals surface area contributed by atoms with E-state index in [1.807, 2.05) is 0 Å². The molecule has 0 aliphatic carbocycles. The highest BCUT2D eigenvalue weighted by Crippen LogP contribution is 2.11. The second-order valence-electron chi connectivity index (χ2n) is 2.37. The number of nitrogens with two attached hydrogens (primary N) is 1. The van der Waals surface area contributed by atoms with Crippen molar-refractivity contribution >= 4 is 28.3 Å². The van der Waals surface area contributed by atoms with E-state index in [0.29, 0.717) is 16.5 Å². The minimum Gasteiger partial charge on any atom is -0.452 e. The lowest BCUT2D eigenvalue weighted by molar-refractivity contribution is 0.171. The summed E-state index contributed by atoms with van der Waals surface area (Å²) in [5.41, 5.74) is 8.84. The van der Waals surface area contributed by atoms with Crippen LogP contribution in [0.2, 0.25) is 0 Å². The van der Waals surface area contributed by atoms with Crippen molar-refractivity contribution in [2.75, 3.05) is 12.8 Å². The molecule has 0 fully saturated rings. The molecule has 0 saturated heterocycles. The van der Waals surface area contributed by atoms with E-state index in [2.05, 4.69) is 20.2 Å². The number of aromatic nitrogens is 1. The van der Waals surface area contributed by atoms with Crippen molar-refractivity contribution in [2.45, 2.75) is 6.92 Å². The molecule has 0 saturated carbocycles. The van der Waals surface area contributed by atoms with E-state index in [1.165, 1.54) is 18.4 Å². The number of hydrazone groups is 1. The van der Waals surface area contributed by atoms with Crippen molar-refractivity contribution in [1.82, 2.24) is 10.4 Å². The van der Waals surface area contributed by atoms with Crippen LogP contribution in [-0.2, 0) is 4.74 Å². The average Bonchev–Trinajstić information content (AvgIpc) is 2.60. The van der Waals surface area contributed by atoms with Gasteiger partial charge in [0, 0.05) is 5.38 Å². The molecule has 0 radical (unpaired) electrons. The largest absolute Gasteiger partial charge is 0.452 e. The second kappa shape index (κ2) is 4.56. The predicted molar refractivity (Wildman–Crippen MR) is 54.3 cm³/mol. The molecule has 0 bridgehead atoms. The molecule has 0 aliphatic rings. The lowest BCUT2D eigenvalue weighted by atomic mass is 10.3. The van der Waals surface area contributed by atoms with E-state index in [1.54, 1.807) is 12.3 Å². The maximum Gasteiger partial charge on any atom is 0.427 e. The van der Waals surface area contributed by atoms with Crippen LogP contribution < -0.4 is 11.2 Å². The van der Waals surface area contributed by atoms with Crippen LogP contribution in [-0.4, -0.2) is 23.9 Å². The number of carbonyl (C=O) groups excluding carboxylic acids is 1. The molecule has 0 aliphatic heterocycles. The molecular formula is C7H10N4O2S. The maximum atomic E-state index is 10.7. The van der Waals surface area contributed by atoms with Crippen LogP contribution in [0.15, 0.2) is 10.5 Å². The van der Waals surface area contributed by atoms with Gasteiger partial charge in [0.15, 0.2) is 5.13 Å². The molecule has 1 heterocycles. The summed E-state index contributed by atoms with van der Waals surface area (Å²) in [5, 5.41) is 5.98. The summed E-state index contributed by atoms with van der Waals surface area (Å²) in [6.07, 6.45) is -0.618. The molecule has 76 valence electrons. The van der Waals surface area contributed by atoms with Crippen molar-refractivity contribution in [2.24, 2.45) is 5.10 Å². The highest BCUT2D eigenvalue weighted by Gasteiger charge is 2.03. The number of methoxy groups -OCH3 is 1. The third-order valence-electron chi connectivity index (χ3n) is 1.39. The Hall–Kier alpha value is -1.63. The van der Waals surface area contributed by atoms with Gasteiger partial charge in [-0.1, -0.05) is 0 Å². The van der Waals surface area contributed by atoms with Crippen LogP contribution in [0.25, 0.3) is 0 Å². The number of hydrogen-bond donors (Lipinski definition) is 2. The van der Waals surface area contributed by atoms with Gasteiger partial charge in [0.1, 0.15) is 0 Å². The van der Waals surface area contributed by atoms with E-state index in [4.69, 9.17) is 5.73 Å². The summed E-state index contributed by atoms with van der Waals surface area (Å²) in [4.78, 5) is 14.7. The fourth-order valence-electron chi connectivity index (χ4n) is 0.686. The average molecular weight is 214 g/mol. The Bertz CT molecular complexity index is 360. The van der Waals surface area contributed by atoms with Gasteiger partial charge in [-0.2, -0.15) is 5.10 Å². The van der Waals surface area contributed by atoms with Gasteiger partial charge in [0.25, 0.3) is 0 Å². The Kier molecular flexibility index (Phi) is 3.41. The van der Waals surface area contributed by atoms with Gasteiger partial charge < -0.3 is 10.5 Å². The molecule has 1 amide bonds. The summed E-state index contributed by atoms with van der Waals surface area (Å²) < 4.78 is 4.34. The predicted octanol–water partition coefficient (Wildman–Crippen LogP) is 0.805. The molecule has 7 heteroatoms. The first kappa shape index (κ1) is 10.5. The van der Waals surface area contributed by atoms with Crippen molar-refractivity contribution in [3.05, 3.63) is 11.1 Å². The molecule has 0 atom stereocenters. The van der Waals surface area contributed by atoms with Gasteiger partial charge >= 0.3 is 6.09 Å². The summed E-state index contributed by atoms with van der Waals surface area (Å²) in [6, 6.07) is 0. The van der Waals surface area contributed by atoms with E-state index in [9.17, 15) is 4.79 Å². The molecule has 0 aromatic carbocycles. The molecule has 6 nitrogen and oxygen atoms in total. The number of thiazole rings is 1. The van der Waals surface area contributed by atoms with Crippen molar-refractivity contribution < 1.29 is 9.53 Å². The number of amides is 1. The molecular weight excluding hydrogens is 204 g/mol. The van der Waals surface area contributed by atoms with Crippen LogP contribution in [0, 0.1) is 0 Å². The van der Waals surface area contributed by atoms with Crippen LogP contribution >= 0.6 is 11.3 Å². The molecule has 3 N–H and O–H groups in total. The summed E-state index contributed by atoms with van der Waals surface area (Å²) in [5.74, 6) is 0.